The maximum atomic E-state index is 14.4. The highest BCUT2D eigenvalue weighted by atomic mass is 19.1. The van der Waals surface area contributed by atoms with Gasteiger partial charge in [0.05, 0.1) is 5.39 Å². The van der Waals surface area contributed by atoms with Gasteiger partial charge >= 0.3 is 0 Å². The van der Waals surface area contributed by atoms with Gasteiger partial charge < -0.3 is 20.4 Å². The van der Waals surface area contributed by atoms with E-state index in [0.717, 1.165) is 24.3 Å². The molecule has 0 saturated heterocycles. The monoisotopic (exact) mass is 368 g/mol. The molecule has 138 valence electrons. The molecule has 0 spiro atoms. The molecule has 0 unspecified atom stereocenters. The van der Waals surface area contributed by atoms with Crippen molar-refractivity contribution >= 4 is 28.5 Å². The van der Waals surface area contributed by atoms with Crippen LogP contribution in [0.1, 0.15) is 19.3 Å². The van der Waals surface area contributed by atoms with E-state index in [1.165, 1.54) is 12.1 Å². The van der Waals surface area contributed by atoms with Crippen molar-refractivity contribution in [3.05, 3.63) is 48.5 Å². The molecule has 1 aliphatic rings. The second-order valence-electron chi connectivity index (χ2n) is 6.36. The van der Waals surface area contributed by atoms with Crippen LogP contribution >= 0.6 is 0 Å². The summed E-state index contributed by atoms with van der Waals surface area (Å²) in [6.07, 6.45) is 4.89. The van der Waals surface area contributed by atoms with Crippen LogP contribution in [0.4, 0.5) is 10.1 Å². The quantitative estimate of drug-likeness (QED) is 0.583. The Hall–Kier alpha value is -3.42. The summed E-state index contributed by atoms with van der Waals surface area (Å²) in [7, 11) is 0. The Morgan fingerprint density at radius 2 is 2.04 bits per heavy atom. The lowest BCUT2D eigenvalue weighted by atomic mass is 10.2. The topological polar surface area (TPSA) is 96.1 Å². The van der Waals surface area contributed by atoms with E-state index in [4.69, 9.17) is 4.74 Å². The van der Waals surface area contributed by atoms with Gasteiger partial charge in [-0.2, -0.15) is 0 Å². The van der Waals surface area contributed by atoms with Gasteiger partial charge in [0.15, 0.2) is 11.6 Å². The van der Waals surface area contributed by atoms with E-state index in [1.54, 1.807) is 24.5 Å². The lowest BCUT2D eigenvalue weighted by Crippen LogP contribution is -2.29. The Morgan fingerprint density at radius 3 is 2.81 bits per heavy atom. The number of halogens is 1. The lowest BCUT2D eigenvalue weighted by molar-refractivity contribution is -0.126. The number of ether oxygens (including phenoxy) is 1. The summed E-state index contributed by atoms with van der Waals surface area (Å²) in [6.45, 7) is 0. The standard InChI is InChI=1S/C19H17FN4O3/c20-14-9-12(24-18(26)10-17(25)23-11-1-2-11)3-4-16(14)27-15-6-8-22-19-13(15)5-7-21-19/h3-9,11H,1-2,10H2,(H,21,22)(H,23,25)(H,24,26). The molecular weight excluding hydrogens is 351 g/mol. The second kappa shape index (κ2) is 7.06. The van der Waals surface area contributed by atoms with Crippen LogP contribution in [0.25, 0.3) is 11.0 Å². The number of amides is 2. The maximum absolute atomic E-state index is 14.4. The molecule has 27 heavy (non-hydrogen) atoms. The number of nitrogens with zero attached hydrogens (tertiary/aromatic N) is 1. The predicted octanol–water partition coefficient (Wildman–Crippen LogP) is 3.10. The van der Waals surface area contributed by atoms with Crippen LogP contribution in [-0.4, -0.2) is 27.8 Å². The first kappa shape index (κ1) is 17.0. The van der Waals surface area contributed by atoms with Gasteiger partial charge in [-0.15, -0.1) is 0 Å². The highest BCUT2D eigenvalue weighted by molar-refractivity contribution is 6.03. The molecule has 1 fully saturated rings. The van der Waals surface area contributed by atoms with Gasteiger partial charge in [0.2, 0.25) is 11.8 Å². The molecule has 2 heterocycles. The van der Waals surface area contributed by atoms with E-state index in [9.17, 15) is 14.0 Å². The summed E-state index contributed by atoms with van der Waals surface area (Å²) in [5.41, 5.74) is 0.895. The van der Waals surface area contributed by atoms with Gasteiger partial charge in [-0.1, -0.05) is 0 Å². The Kier molecular flexibility index (Phi) is 4.45. The van der Waals surface area contributed by atoms with E-state index in [0.29, 0.717) is 11.4 Å². The Morgan fingerprint density at radius 1 is 1.19 bits per heavy atom. The minimum atomic E-state index is -0.629. The number of rotatable bonds is 6. The number of benzene rings is 1. The number of hydrogen-bond acceptors (Lipinski definition) is 4. The van der Waals surface area contributed by atoms with Gasteiger partial charge in [0.1, 0.15) is 17.8 Å². The van der Waals surface area contributed by atoms with Crippen LogP contribution in [-0.2, 0) is 9.59 Å². The fraction of sp³-hybridized carbons (Fsp3) is 0.211. The fourth-order valence-corrected chi connectivity index (χ4v) is 2.66. The third-order valence-corrected chi connectivity index (χ3v) is 4.12. The first-order valence-corrected chi connectivity index (χ1v) is 8.57. The van der Waals surface area contributed by atoms with Gasteiger partial charge in [-0.05, 0) is 37.1 Å². The molecule has 4 rings (SSSR count). The fourth-order valence-electron chi connectivity index (χ4n) is 2.66. The first-order chi connectivity index (χ1) is 13.1. The molecule has 0 bridgehead atoms. The molecule has 1 saturated carbocycles. The zero-order chi connectivity index (χ0) is 18.8. The van der Waals surface area contributed by atoms with Crippen LogP contribution in [0.2, 0.25) is 0 Å². The highest BCUT2D eigenvalue weighted by Crippen LogP contribution is 2.31. The van der Waals surface area contributed by atoms with Gasteiger partial charge in [-0.25, -0.2) is 9.37 Å². The summed E-state index contributed by atoms with van der Waals surface area (Å²) < 4.78 is 20.0. The molecule has 7 nitrogen and oxygen atoms in total. The molecule has 1 aromatic carbocycles. The SMILES string of the molecule is O=C(CC(=O)NC1CC1)Nc1ccc(Oc2ccnc3[nH]ccc23)c(F)c1. The summed E-state index contributed by atoms with van der Waals surface area (Å²) in [5, 5.41) is 5.98. The molecule has 3 N–H and O–H groups in total. The van der Waals surface area contributed by atoms with Crippen molar-refractivity contribution in [1.82, 2.24) is 15.3 Å². The third kappa shape index (κ3) is 4.05. The number of fused-ring (bicyclic) bond motifs is 1. The van der Waals surface area contributed by atoms with Gasteiger partial charge in [0.25, 0.3) is 0 Å². The van der Waals surface area contributed by atoms with Crippen molar-refractivity contribution in [2.45, 2.75) is 25.3 Å². The minimum Gasteiger partial charge on any atom is -0.453 e. The molecule has 3 aromatic rings. The molecule has 8 heteroatoms. The number of pyridine rings is 1. The van der Waals surface area contributed by atoms with Crippen LogP contribution in [0, 0.1) is 5.82 Å². The second-order valence-corrected chi connectivity index (χ2v) is 6.36. The maximum Gasteiger partial charge on any atom is 0.233 e. The van der Waals surface area contributed by atoms with E-state index in [1.807, 2.05) is 0 Å². The third-order valence-electron chi connectivity index (χ3n) is 4.12. The van der Waals surface area contributed by atoms with Crippen molar-refractivity contribution < 1.29 is 18.7 Å². The van der Waals surface area contributed by atoms with Crippen molar-refractivity contribution in [2.75, 3.05) is 5.32 Å². The molecule has 1 aliphatic carbocycles. The van der Waals surface area contributed by atoms with Crippen molar-refractivity contribution in [2.24, 2.45) is 0 Å². The van der Waals surface area contributed by atoms with Crippen molar-refractivity contribution in [3.8, 4) is 11.5 Å². The van der Waals surface area contributed by atoms with Crippen LogP contribution in [0.3, 0.4) is 0 Å². The molecule has 0 radical (unpaired) electrons. The number of hydrogen-bond donors (Lipinski definition) is 3. The molecular formula is C19H17FN4O3. The Labute approximate surface area is 153 Å². The molecule has 2 aromatic heterocycles. The molecule has 0 atom stereocenters. The van der Waals surface area contributed by atoms with Crippen LogP contribution in [0.5, 0.6) is 11.5 Å². The van der Waals surface area contributed by atoms with Gasteiger partial charge in [0, 0.05) is 30.2 Å². The molecule has 0 aliphatic heterocycles. The Balaban J connectivity index is 1.42. The highest BCUT2D eigenvalue weighted by Gasteiger charge is 2.24. The summed E-state index contributed by atoms with van der Waals surface area (Å²) in [6, 6.07) is 7.72. The number of anilines is 1. The first-order valence-electron chi connectivity index (χ1n) is 8.57. The van der Waals surface area contributed by atoms with Crippen LogP contribution in [0.15, 0.2) is 42.7 Å². The number of aromatic amines is 1. The van der Waals surface area contributed by atoms with Gasteiger partial charge in [-0.3, -0.25) is 9.59 Å². The number of carbonyl (C=O) groups is 2. The number of carbonyl (C=O) groups excluding carboxylic acids is 2. The zero-order valence-corrected chi connectivity index (χ0v) is 14.3. The average Bonchev–Trinajstić information content (AvgIpc) is 3.29. The largest absolute Gasteiger partial charge is 0.453 e. The van der Waals surface area contributed by atoms with E-state index >= 15 is 0 Å². The average molecular weight is 368 g/mol. The smallest absolute Gasteiger partial charge is 0.233 e. The Bertz CT molecular complexity index is 1010. The predicted molar refractivity (Wildman–Crippen MR) is 97.0 cm³/mol. The number of aromatic nitrogens is 2. The number of H-pyrrole nitrogens is 1. The van der Waals surface area contributed by atoms with E-state index in [2.05, 4.69) is 20.6 Å². The normalized spacial score (nSPS) is 13.4. The summed E-state index contributed by atoms with van der Waals surface area (Å²) in [5.74, 6) is -0.967. The van der Waals surface area contributed by atoms with E-state index < -0.39 is 11.7 Å². The summed E-state index contributed by atoms with van der Waals surface area (Å²) in [4.78, 5) is 30.6. The lowest BCUT2D eigenvalue weighted by Gasteiger charge is -2.10. The summed E-state index contributed by atoms with van der Waals surface area (Å²) >= 11 is 0. The van der Waals surface area contributed by atoms with Crippen LogP contribution < -0.4 is 15.4 Å². The zero-order valence-electron chi connectivity index (χ0n) is 14.3. The van der Waals surface area contributed by atoms with Crippen molar-refractivity contribution in [3.63, 3.8) is 0 Å². The van der Waals surface area contributed by atoms with Crippen molar-refractivity contribution in [1.29, 1.82) is 0 Å². The van der Waals surface area contributed by atoms with E-state index in [-0.39, 0.29) is 29.8 Å². The number of nitrogens with one attached hydrogen (secondary N) is 3. The molecule has 2 amide bonds. The minimum absolute atomic E-state index is 0.0215.